The molecule has 0 atom stereocenters. The summed E-state index contributed by atoms with van der Waals surface area (Å²) >= 11 is 6.06. The van der Waals surface area contributed by atoms with Crippen molar-refractivity contribution in [2.45, 2.75) is 9.79 Å². The number of hydrogen-bond donors (Lipinski definition) is 0. The lowest BCUT2D eigenvalue weighted by atomic mass is 10.3. The second-order valence-electron chi connectivity index (χ2n) is 6.91. The molecule has 168 valence electrons. The molecule has 0 radical (unpaired) electrons. The number of rotatable bonds is 5. The first-order chi connectivity index (χ1) is 14.7. The van der Waals surface area contributed by atoms with Gasteiger partial charge in [0.15, 0.2) is 11.5 Å². The van der Waals surface area contributed by atoms with Crippen molar-refractivity contribution in [1.82, 2.24) is 8.61 Å². The molecule has 2 aromatic rings. The van der Waals surface area contributed by atoms with E-state index in [1.54, 1.807) is 6.07 Å². The Hall–Kier alpha value is -2.05. The Bertz CT molecular complexity index is 1190. The van der Waals surface area contributed by atoms with Crippen molar-refractivity contribution in [2.24, 2.45) is 0 Å². The highest BCUT2D eigenvalue weighted by molar-refractivity contribution is 7.89. The second-order valence-corrected chi connectivity index (χ2v) is 11.2. The SMILES string of the molecule is COc1ccc(S(=O)(=O)N2CCN(S(=O)(=O)c3ccc4c(c3)OCCO4)CC2)cc1Cl. The van der Waals surface area contributed by atoms with Crippen LogP contribution in [0, 0.1) is 0 Å². The number of hydrogen-bond acceptors (Lipinski definition) is 7. The third-order valence-electron chi connectivity index (χ3n) is 5.11. The van der Waals surface area contributed by atoms with E-state index in [1.165, 1.54) is 46.1 Å². The lowest BCUT2D eigenvalue weighted by Gasteiger charge is -2.33. The molecule has 2 aliphatic rings. The fourth-order valence-electron chi connectivity index (χ4n) is 3.44. The molecule has 0 amide bonds. The van der Waals surface area contributed by atoms with Gasteiger partial charge in [-0.3, -0.25) is 0 Å². The molecule has 2 aromatic carbocycles. The van der Waals surface area contributed by atoms with Gasteiger partial charge in [0.05, 0.1) is 21.9 Å². The smallest absolute Gasteiger partial charge is 0.243 e. The van der Waals surface area contributed by atoms with E-state index >= 15 is 0 Å². The summed E-state index contributed by atoms with van der Waals surface area (Å²) in [6, 6.07) is 8.69. The number of nitrogens with zero attached hydrogens (tertiary/aromatic N) is 2. The first-order valence-electron chi connectivity index (χ1n) is 9.47. The standard InChI is InChI=1S/C19H21ClN2O7S2/c1-27-17-4-2-14(12-16(17)20)30(23,24)21-6-8-22(9-7-21)31(25,26)15-3-5-18-19(13-15)29-11-10-28-18/h2-5,12-13H,6-11H2,1H3. The van der Waals surface area contributed by atoms with Gasteiger partial charge in [0.2, 0.25) is 20.0 Å². The van der Waals surface area contributed by atoms with E-state index in [0.717, 1.165) is 0 Å². The zero-order valence-electron chi connectivity index (χ0n) is 16.7. The summed E-state index contributed by atoms with van der Waals surface area (Å²) in [7, 11) is -6.18. The highest BCUT2D eigenvalue weighted by atomic mass is 35.5. The van der Waals surface area contributed by atoms with Crippen LogP contribution in [0.3, 0.4) is 0 Å². The van der Waals surface area contributed by atoms with Gasteiger partial charge in [0.1, 0.15) is 19.0 Å². The summed E-state index contributed by atoms with van der Waals surface area (Å²) in [6.07, 6.45) is 0. The number of fused-ring (bicyclic) bond motifs is 1. The van der Waals surface area contributed by atoms with Crippen LogP contribution in [0.1, 0.15) is 0 Å². The van der Waals surface area contributed by atoms with Crippen LogP contribution in [0.25, 0.3) is 0 Å². The van der Waals surface area contributed by atoms with Gasteiger partial charge in [-0.1, -0.05) is 11.6 Å². The average molecular weight is 489 g/mol. The van der Waals surface area contributed by atoms with Crippen LogP contribution >= 0.6 is 11.6 Å². The van der Waals surface area contributed by atoms with Crippen molar-refractivity contribution >= 4 is 31.6 Å². The quantitative estimate of drug-likeness (QED) is 0.632. The Morgan fingerprint density at radius 1 is 0.806 bits per heavy atom. The van der Waals surface area contributed by atoms with Crippen LogP contribution < -0.4 is 14.2 Å². The van der Waals surface area contributed by atoms with E-state index in [2.05, 4.69) is 0 Å². The summed E-state index contributed by atoms with van der Waals surface area (Å²) in [6.45, 7) is 0.864. The largest absolute Gasteiger partial charge is 0.495 e. The van der Waals surface area contributed by atoms with Crippen LogP contribution in [0.4, 0.5) is 0 Å². The molecular formula is C19H21ClN2O7S2. The van der Waals surface area contributed by atoms with Gasteiger partial charge in [0.25, 0.3) is 0 Å². The minimum absolute atomic E-state index is 0.0236. The van der Waals surface area contributed by atoms with Crippen molar-refractivity contribution in [3.8, 4) is 17.2 Å². The summed E-state index contributed by atoms with van der Waals surface area (Å²) in [5, 5.41) is 0.184. The lowest BCUT2D eigenvalue weighted by molar-refractivity contribution is 0.171. The molecule has 0 saturated carbocycles. The van der Waals surface area contributed by atoms with E-state index in [0.29, 0.717) is 30.5 Å². The van der Waals surface area contributed by atoms with Crippen molar-refractivity contribution < 1.29 is 31.0 Å². The van der Waals surface area contributed by atoms with E-state index in [1.807, 2.05) is 0 Å². The monoisotopic (exact) mass is 488 g/mol. The third-order valence-corrected chi connectivity index (χ3v) is 9.19. The van der Waals surface area contributed by atoms with Gasteiger partial charge in [-0.2, -0.15) is 8.61 Å². The number of ether oxygens (including phenoxy) is 3. The maximum Gasteiger partial charge on any atom is 0.243 e. The Morgan fingerprint density at radius 3 is 1.87 bits per heavy atom. The van der Waals surface area contributed by atoms with Crippen molar-refractivity contribution in [1.29, 1.82) is 0 Å². The number of sulfonamides is 2. The Morgan fingerprint density at radius 2 is 1.32 bits per heavy atom. The van der Waals surface area contributed by atoms with Crippen molar-refractivity contribution in [2.75, 3.05) is 46.5 Å². The van der Waals surface area contributed by atoms with E-state index in [-0.39, 0.29) is 41.0 Å². The Labute approximate surface area is 186 Å². The minimum Gasteiger partial charge on any atom is -0.495 e. The van der Waals surface area contributed by atoms with Gasteiger partial charge in [-0.15, -0.1) is 0 Å². The molecule has 0 aromatic heterocycles. The molecule has 1 saturated heterocycles. The summed E-state index contributed by atoms with van der Waals surface area (Å²) in [5.74, 6) is 1.25. The fourth-order valence-corrected chi connectivity index (χ4v) is 6.65. The molecule has 4 rings (SSSR count). The van der Waals surface area contributed by atoms with Crippen LogP contribution in [0.2, 0.25) is 5.02 Å². The summed E-state index contributed by atoms with van der Waals surface area (Å²) < 4.78 is 70.5. The summed E-state index contributed by atoms with van der Waals surface area (Å²) in [5.41, 5.74) is 0. The predicted octanol–water partition coefficient (Wildman–Crippen LogP) is 1.81. The first kappa shape index (κ1) is 22.2. The minimum atomic E-state index is -3.82. The molecule has 1 fully saturated rings. The number of benzene rings is 2. The molecule has 0 bridgehead atoms. The molecule has 31 heavy (non-hydrogen) atoms. The van der Waals surface area contributed by atoms with Gasteiger partial charge in [0, 0.05) is 32.2 Å². The molecule has 2 aliphatic heterocycles. The van der Waals surface area contributed by atoms with Crippen LogP contribution in [-0.2, 0) is 20.0 Å². The zero-order valence-corrected chi connectivity index (χ0v) is 19.0. The van der Waals surface area contributed by atoms with Crippen LogP contribution in [0.15, 0.2) is 46.2 Å². The molecule has 0 aliphatic carbocycles. The maximum atomic E-state index is 13.0. The average Bonchev–Trinajstić information content (AvgIpc) is 2.78. The molecular weight excluding hydrogens is 468 g/mol. The topological polar surface area (TPSA) is 102 Å². The fraction of sp³-hybridized carbons (Fsp3) is 0.368. The normalized spacial score (nSPS) is 18.0. The number of halogens is 1. The molecule has 0 unspecified atom stereocenters. The maximum absolute atomic E-state index is 13.0. The molecule has 9 nitrogen and oxygen atoms in total. The first-order valence-corrected chi connectivity index (χ1v) is 12.7. The number of methoxy groups -OCH3 is 1. The van der Waals surface area contributed by atoms with Gasteiger partial charge < -0.3 is 14.2 Å². The molecule has 0 N–H and O–H groups in total. The van der Waals surface area contributed by atoms with Crippen molar-refractivity contribution in [3.63, 3.8) is 0 Å². The highest BCUT2D eigenvalue weighted by Gasteiger charge is 2.34. The van der Waals surface area contributed by atoms with E-state index in [4.69, 9.17) is 25.8 Å². The predicted molar refractivity (Wildman–Crippen MR) is 113 cm³/mol. The third kappa shape index (κ3) is 4.20. The van der Waals surface area contributed by atoms with E-state index < -0.39 is 20.0 Å². The van der Waals surface area contributed by atoms with E-state index in [9.17, 15) is 16.8 Å². The Kier molecular flexibility index (Phi) is 6.05. The molecule has 12 heteroatoms. The van der Waals surface area contributed by atoms with Gasteiger partial charge in [-0.25, -0.2) is 16.8 Å². The zero-order chi connectivity index (χ0) is 22.2. The second kappa shape index (κ2) is 8.47. The van der Waals surface area contributed by atoms with Crippen LogP contribution in [-0.4, -0.2) is 71.9 Å². The van der Waals surface area contributed by atoms with Gasteiger partial charge in [-0.05, 0) is 30.3 Å². The lowest BCUT2D eigenvalue weighted by Crippen LogP contribution is -2.50. The Balaban J connectivity index is 1.49. The summed E-state index contributed by atoms with van der Waals surface area (Å²) in [4.78, 5) is 0.108. The molecule has 0 spiro atoms. The van der Waals surface area contributed by atoms with Crippen molar-refractivity contribution in [3.05, 3.63) is 41.4 Å². The van der Waals surface area contributed by atoms with Gasteiger partial charge >= 0.3 is 0 Å². The highest BCUT2D eigenvalue weighted by Crippen LogP contribution is 2.34. The molecule has 2 heterocycles. The van der Waals surface area contributed by atoms with Crippen LogP contribution in [0.5, 0.6) is 17.2 Å². The number of piperazine rings is 1.